The van der Waals surface area contributed by atoms with Gasteiger partial charge in [0.1, 0.15) is 0 Å². The Labute approximate surface area is 197 Å². The Bertz CT molecular complexity index is 810. The van der Waals surface area contributed by atoms with Gasteiger partial charge >= 0.3 is 0 Å². The Balaban J connectivity index is 1.57. The predicted octanol–water partition coefficient (Wildman–Crippen LogP) is 7.14. The van der Waals surface area contributed by atoms with Crippen molar-refractivity contribution in [3.63, 3.8) is 0 Å². The molecule has 2 heteroatoms. The lowest BCUT2D eigenvalue weighted by Gasteiger charge is -2.70. The van der Waals surface area contributed by atoms with E-state index in [0.29, 0.717) is 29.3 Å². The van der Waals surface area contributed by atoms with Crippen LogP contribution < -0.4 is 0 Å². The Morgan fingerprint density at radius 2 is 1.41 bits per heavy atom. The fourth-order valence-electron chi connectivity index (χ4n) is 10.9. The van der Waals surface area contributed by atoms with Crippen molar-refractivity contribution in [1.82, 2.24) is 0 Å². The van der Waals surface area contributed by atoms with E-state index in [0.717, 1.165) is 18.8 Å². The maximum absolute atomic E-state index is 10.9. The Morgan fingerprint density at radius 3 is 2.06 bits per heavy atom. The van der Waals surface area contributed by atoms with Crippen LogP contribution in [0, 0.1) is 50.2 Å². The molecule has 0 radical (unpaired) electrons. The van der Waals surface area contributed by atoms with Crippen LogP contribution in [0.15, 0.2) is 11.6 Å². The summed E-state index contributed by atoms with van der Waals surface area (Å²) in [6.45, 7) is 17.8. The zero-order chi connectivity index (χ0) is 23.4. The number of fused-ring (bicyclic) bond motifs is 7. The molecule has 8 atom stereocenters. The van der Waals surface area contributed by atoms with Crippen LogP contribution >= 0.6 is 0 Å². The summed E-state index contributed by atoms with van der Waals surface area (Å²) in [4.78, 5) is 0. The van der Waals surface area contributed by atoms with Crippen LogP contribution in [0.1, 0.15) is 113 Å². The third-order valence-corrected chi connectivity index (χ3v) is 12.8. The molecule has 2 N–H and O–H groups in total. The molecule has 32 heavy (non-hydrogen) atoms. The van der Waals surface area contributed by atoms with Gasteiger partial charge in [-0.25, -0.2) is 0 Å². The van der Waals surface area contributed by atoms with Crippen molar-refractivity contribution in [1.29, 1.82) is 0 Å². The minimum Gasteiger partial charge on any atom is -0.396 e. The summed E-state index contributed by atoms with van der Waals surface area (Å²) in [6, 6.07) is 0. The van der Waals surface area contributed by atoms with Crippen LogP contribution in [-0.4, -0.2) is 22.9 Å². The van der Waals surface area contributed by atoms with Gasteiger partial charge in [0.05, 0.1) is 6.10 Å². The van der Waals surface area contributed by atoms with Crippen molar-refractivity contribution in [3.05, 3.63) is 11.6 Å². The average Bonchev–Trinajstić information content (AvgIpc) is 2.71. The van der Waals surface area contributed by atoms with Gasteiger partial charge in [-0.2, -0.15) is 0 Å². The number of hydrogen-bond acceptors (Lipinski definition) is 2. The van der Waals surface area contributed by atoms with Gasteiger partial charge < -0.3 is 10.2 Å². The molecule has 4 saturated carbocycles. The van der Waals surface area contributed by atoms with E-state index in [-0.39, 0.29) is 27.8 Å². The van der Waals surface area contributed by atoms with E-state index in [9.17, 15) is 10.2 Å². The van der Waals surface area contributed by atoms with Gasteiger partial charge in [-0.3, -0.25) is 0 Å². The summed E-state index contributed by atoms with van der Waals surface area (Å²) < 4.78 is 0. The van der Waals surface area contributed by atoms with Gasteiger partial charge in [0.25, 0.3) is 0 Å². The van der Waals surface area contributed by atoms with Gasteiger partial charge in [-0.15, -0.1) is 0 Å². The van der Waals surface area contributed by atoms with Crippen LogP contribution in [0.2, 0.25) is 0 Å². The monoisotopic (exact) mass is 442 g/mol. The number of aliphatic hydroxyl groups is 2. The van der Waals surface area contributed by atoms with E-state index in [2.05, 4.69) is 54.5 Å². The summed E-state index contributed by atoms with van der Waals surface area (Å²) in [7, 11) is 0. The van der Waals surface area contributed by atoms with Crippen molar-refractivity contribution in [2.45, 2.75) is 119 Å². The molecule has 0 aromatic rings. The average molecular weight is 443 g/mol. The molecule has 0 amide bonds. The molecule has 0 heterocycles. The molecule has 2 nitrogen and oxygen atoms in total. The SMILES string of the molecule is CC1(C)CC[C@]2(CO)CC=C3[C@]4(C)CC[C@H]5C(C)(C)C(O)CC[C@]5(C)[C@H]4CC[C@@]3(C)[C@@H]2C1. The first kappa shape index (κ1) is 23.4. The second kappa shape index (κ2) is 6.87. The highest BCUT2D eigenvalue weighted by molar-refractivity contribution is 5.35. The molecule has 4 fully saturated rings. The lowest BCUT2D eigenvalue weighted by atomic mass is 9.34. The van der Waals surface area contributed by atoms with Crippen molar-refractivity contribution in [2.24, 2.45) is 50.2 Å². The zero-order valence-electron chi connectivity index (χ0n) is 22.1. The molecule has 0 spiro atoms. The molecule has 0 aromatic carbocycles. The third-order valence-electron chi connectivity index (χ3n) is 12.8. The van der Waals surface area contributed by atoms with Crippen LogP contribution in [0.3, 0.4) is 0 Å². The van der Waals surface area contributed by atoms with Crippen molar-refractivity contribution in [2.75, 3.05) is 6.61 Å². The Hall–Kier alpha value is -0.340. The molecule has 182 valence electrons. The number of allylic oxidation sites excluding steroid dienone is 2. The Kier molecular flexibility index (Phi) is 5.02. The predicted molar refractivity (Wildman–Crippen MR) is 132 cm³/mol. The van der Waals surface area contributed by atoms with Crippen molar-refractivity contribution < 1.29 is 10.2 Å². The van der Waals surface area contributed by atoms with Crippen molar-refractivity contribution in [3.8, 4) is 0 Å². The van der Waals surface area contributed by atoms with Crippen molar-refractivity contribution >= 4 is 0 Å². The molecule has 5 rings (SSSR count). The van der Waals surface area contributed by atoms with Gasteiger partial charge in [0.2, 0.25) is 0 Å². The smallest absolute Gasteiger partial charge is 0.0594 e. The number of rotatable bonds is 1. The summed E-state index contributed by atoms with van der Waals surface area (Å²) in [5.74, 6) is 1.95. The van der Waals surface area contributed by atoms with Gasteiger partial charge in [-0.05, 0) is 109 Å². The topological polar surface area (TPSA) is 40.5 Å². The van der Waals surface area contributed by atoms with E-state index in [4.69, 9.17) is 0 Å². The first-order valence-corrected chi connectivity index (χ1v) is 13.8. The molecular weight excluding hydrogens is 392 g/mol. The molecule has 5 aliphatic carbocycles. The lowest BCUT2D eigenvalue weighted by Crippen LogP contribution is -2.63. The first-order valence-electron chi connectivity index (χ1n) is 13.8. The number of aliphatic hydroxyl groups excluding tert-OH is 2. The molecule has 0 aromatic heterocycles. The van der Waals surface area contributed by atoms with E-state index in [1.807, 2.05) is 0 Å². The van der Waals surface area contributed by atoms with Crippen LogP contribution in [0.25, 0.3) is 0 Å². The molecule has 5 aliphatic rings. The highest BCUT2D eigenvalue weighted by Crippen LogP contribution is 2.74. The van der Waals surface area contributed by atoms with E-state index in [1.165, 1.54) is 51.4 Å². The first-order chi connectivity index (χ1) is 14.8. The molecule has 0 saturated heterocycles. The Morgan fingerprint density at radius 1 is 0.781 bits per heavy atom. The highest BCUT2D eigenvalue weighted by Gasteiger charge is 2.67. The maximum atomic E-state index is 10.9. The second-order valence-electron chi connectivity index (χ2n) is 15.2. The van der Waals surface area contributed by atoms with Gasteiger partial charge in [0.15, 0.2) is 0 Å². The summed E-state index contributed by atoms with van der Waals surface area (Å²) >= 11 is 0. The standard InChI is InChI=1S/C30H50O2/c1-25(2)16-17-30(19-31)15-10-22-28(6)12-8-20-26(3,4)24(32)11-14-27(20,5)21(28)9-13-29(22,7)23(30)18-25/h10,20-21,23-24,31-32H,8-9,11-19H2,1-7H3/t20-,21+,23-,24?,27-,28+,29+,30-/m0/s1. The number of hydrogen-bond donors (Lipinski definition) is 2. The quantitative estimate of drug-likeness (QED) is 0.424. The summed E-state index contributed by atoms with van der Waals surface area (Å²) in [5.41, 5.74) is 3.13. The molecule has 0 bridgehead atoms. The minimum absolute atomic E-state index is 0.0233. The summed E-state index contributed by atoms with van der Waals surface area (Å²) in [5, 5.41) is 21.6. The van der Waals surface area contributed by atoms with Crippen LogP contribution in [0.4, 0.5) is 0 Å². The largest absolute Gasteiger partial charge is 0.396 e. The lowest BCUT2D eigenvalue weighted by molar-refractivity contribution is -0.186. The maximum Gasteiger partial charge on any atom is 0.0594 e. The fraction of sp³-hybridized carbons (Fsp3) is 0.933. The second-order valence-corrected chi connectivity index (χ2v) is 15.2. The van der Waals surface area contributed by atoms with Gasteiger partial charge in [-0.1, -0.05) is 60.1 Å². The van der Waals surface area contributed by atoms with Crippen LogP contribution in [-0.2, 0) is 0 Å². The van der Waals surface area contributed by atoms with E-state index >= 15 is 0 Å². The summed E-state index contributed by atoms with van der Waals surface area (Å²) in [6.07, 6.45) is 14.6. The zero-order valence-corrected chi connectivity index (χ0v) is 22.1. The minimum atomic E-state index is -0.151. The fourth-order valence-corrected chi connectivity index (χ4v) is 10.9. The highest BCUT2D eigenvalue weighted by atomic mass is 16.3. The van der Waals surface area contributed by atoms with E-state index < -0.39 is 0 Å². The molecular formula is C30H50O2. The third kappa shape index (κ3) is 2.84. The van der Waals surface area contributed by atoms with E-state index in [1.54, 1.807) is 5.57 Å². The van der Waals surface area contributed by atoms with Crippen LogP contribution in [0.5, 0.6) is 0 Å². The van der Waals surface area contributed by atoms with Gasteiger partial charge in [0, 0.05) is 12.0 Å². The molecule has 0 aliphatic heterocycles. The molecule has 1 unspecified atom stereocenters. The normalized spacial score (nSPS) is 53.8.